The minimum atomic E-state index is -0.0558. The number of aromatic amines is 1. The van der Waals surface area contributed by atoms with Crippen LogP contribution in [0, 0.1) is 11.8 Å². The fourth-order valence-corrected chi connectivity index (χ4v) is 3.14. The number of H-pyrrole nitrogens is 1. The summed E-state index contributed by atoms with van der Waals surface area (Å²) in [5.74, 6) is 0.432. The third kappa shape index (κ3) is 3.71. The lowest BCUT2D eigenvalue weighted by molar-refractivity contribution is -0.110. The molecule has 5 nitrogen and oxygen atoms in total. The quantitative estimate of drug-likeness (QED) is 0.685. The molecule has 0 aliphatic heterocycles. The first-order chi connectivity index (χ1) is 12.0. The molecule has 3 aromatic heterocycles. The van der Waals surface area contributed by atoms with Crippen LogP contribution in [0.5, 0.6) is 0 Å². The molecule has 1 unspecified atom stereocenters. The molecular formula is C20H24N4O. The van der Waals surface area contributed by atoms with Crippen LogP contribution in [0.2, 0.25) is 0 Å². The van der Waals surface area contributed by atoms with Crippen molar-refractivity contribution in [2.75, 3.05) is 0 Å². The number of nitrogens with zero attached hydrogens (tertiary/aromatic N) is 3. The molecule has 0 radical (unpaired) electrons. The Kier molecular flexibility index (Phi) is 4.83. The van der Waals surface area contributed by atoms with Gasteiger partial charge in [0, 0.05) is 48.1 Å². The average Bonchev–Trinajstić information content (AvgIpc) is 3.18. The number of nitrogens with one attached hydrogen (secondary N) is 1. The van der Waals surface area contributed by atoms with Crippen LogP contribution in [0.1, 0.15) is 32.8 Å². The highest BCUT2D eigenvalue weighted by Gasteiger charge is 2.12. The third-order valence-electron chi connectivity index (χ3n) is 4.38. The fraction of sp³-hybridized carbons (Fsp3) is 0.350. The maximum Gasteiger partial charge on any atom is 0.137 e. The molecule has 130 valence electrons. The van der Waals surface area contributed by atoms with E-state index < -0.39 is 0 Å². The van der Waals surface area contributed by atoms with E-state index in [4.69, 9.17) is 0 Å². The molecule has 0 amide bonds. The number of allylic oxidation sites excluding steroid dienone is 2. The summed E-state index contributed by atoms with van der Waals surface area (Å²) in [5, 5.41) is 5.31. The summed E-state index contributed by atoms with van der Waals surface area (Å²) in [5.41, 5.74) is 5.10. The minimum absolute atomic E-state index is 0.0558. The van der Waals surface area contributed by atoms with Crippen LogP contribution in [0.3, 0.4) is 0 Å². The smallest absolute Gasteiger partial charge is 0.137 e. The molecule has 3 heterocycles. The summed E-state index contributed by atoms with van der Waals surface area (Å²) < 4.78 is 1.79. The highest BCUT2D eigenvalue weighted by Crippen LogP contribution is 2.29. The Morgan fingerprint density at radius 2 is 2.16 bits per heavy atom. The van der Waals surface area contributed by atoms with Crippen LogP contribution in [-0.2, 0) is 11.8 Å². The molecule has 3 aromatic rings. The van der Waals surface area contributed by atoms with E-state index >= 15 is 0 Å². The van der Waals surface area contributed by atoms with Crippen molar-refractivity contribution < 1.29 is 4.79 Å². The zero-order valence-electron chi connectivity index (χ0n) is 15.2. The van der Waals surface area contributed by atoms with Crippen LogP contribution in [0.15, 0.2) is 36.9 Å². The lowest BCUT2D eigenvalue weighted by Gasteiger charge is -2.10. The van der Waals surface area contributed by atoms with E-state index in [0.29, 0.717) is 5.92 Å². The molecular weight excluding hydrogens is 312 g/mol. The molecule has 0 fully saturated rings. The number of hydrogen-bond donors (Lipinski definition) is 1. The molecule has 0 saturated carbocycles. The zero-order chi connectivity index (χ0) is 18.0. The lowest BCUT2D eigenvalue weighted by Crippen LogP contribution is -2.03. The van der Waals surface area contributed by atoms with Crippen molar-refractivity contribution in [1.29, 1.82) is 0 Å². The van der Waals surface area contributed by atoms with Crippen molar-refractivity contribution in [3.05, 3.63) is 42.5 Å². The summed E-state index contributed by atoms with van der Waals surface area (Å²) in [6.07, 6.45) is 11.6. The molecule has 5 heteroatoms. The second-order valence-electron chi connectivity index (χ2n) is 7.00. The van der Waals surface area contributed by atoms with Crippen LogP contribution >= 0.6 is 0 Å². The largest absolute Gasteiger partial charge is 0.346 e. The molecule has 0 spiro atoms. The van der Waals surface area contributed by atoms with Gasteiger partial charge in [0.05, 0.1) is 6.20 Å². The second kappa shape index (κ2) is 7.05. The predicted octanol–water partition coefficient (Wildman–Crippen LogP) is 4.23. The van der Waals surface area contributed by atoms with Gasteiger partial charge < -0.3 is 9.78 Å². The molecule has 1 atom stereocenters. The van der Waals surface area contributed by atoms with Gasteiger partial charge in [-0.15, -0.1) is 0 Å². The molecule has 3 rings (SSSR count). The van der Waals surface area contributed by atoms with Gasteiger partial charge in [0.25, 0.3) is 0 Å². The Morgan fingerprint density at radius 3 is 2.80 bits per heavy atom. The Bertz CT molecular complexity index is 917. The maximum absolute atomic E-state index is 11.3. The Labute approximate surface area is 147 Å². The van der Waals surface area contributed by atoms with Gasteiger partial charge in [-0.1, -0.05) is 19.9 Å². The van der Waals surface area contributed by atoms with E-state index in [1.54, 1.807) is 4.68 Å². The third-order valence-corrected chi connectivity index (χ3v) is 4.38. The number of carbonyl (C=O) groups is 1. The monoisotopic (exact) mass is 336 g/mol. The van der Waals surface area contributed by atoms with Gasteiger partial charge in [-0.25, -0.2) is 4.98 Å². The summed E-state index contributed by atoms with van der Waals surface area (Å²) >= 11 is 0. The first-order valence-corrected chi connectivity index (χ1v) is 8.58. The first-order valence-electron chi connectivity index (χ1n) is 8.58. The topological polar surface area (TPSA) is 63.6 Å². The van der Waals surface area contributed by atoms with Gasteiger partial charge in [-0.3, -0.25) is 4.68 Å². The number of hydrogen-bond acceptors (Lipinski definition) is 3. The number of aromatic nitrogens is 4. The van der Waals surface area contributed by atoms with Crippen molar-refractivity contribution >= 4 is 22.9 Å². The van der Waals surface area contributed by atoms with E-state index in [9.17, 15) is 4.79 Å². The zero-order valence-corrected chi connectivity index (χ0v) is 15.2. The number of pyridine rings is 1. The van der Waals surface area contributed by atoms with Gasteiger partial charge in [0.2, 0.25) is 0 Å². The van der Waals surface area contributed by atoms with Gasteiger partial charge in [0.15, 0.2) is 0 Å². The molecule has 0 aromatic carbocycles. The van der Waals surface area contributed by atoms with Crippen LogP contribution in [-0.4, -0.2) is 26.0 Å². The second-order valence-corrected chi connectivity index (χ2v) is 7.00. The summed E-state index contributed by atoms with van der Waals surface area (Å²) in [7, 11) is 1.91. The highest BCUT2D eigenvalue weighted by molar-refractivity contribution is 5.94. The first kappa shape index (κ1) is 17.1. The van der Waals surface area contributed by atoms with Gasteiger partial charge in [-0.05, 0) is 36.5 Å². The van der Waals surface area contributed by atoms with Crippen molar-refractivity contribution in [3.63, 3.8) is 0 Å². The Morgan fingerprint density at radius 1 is 1.36 bits per heavy atom. The van der Waals surface area contributed by atoms with Crippen molar-refractivity contribution in [2.45, 2.75) is 27.2 Å². The Balaban J connectivity index is 1.98. The lowest BCUT2D eigenvalue weighted by atomic mass is 9.94. The minimum Gasteiger partial charge on any atom is -0.346 e. The SMILES string of the molecule is C/C(=C\C(C=O)CC(C)C)c1cnc2[nH]cc(-c3cnn(C)c3)c2c1. The molecule has 25 heavy (non-hydrogen) atoms. The summed E-state index contributed by atoms with van der Waals surface area (Å²) in [6, 6.07) is 2.13. The van der Waals surface area contributed by atoms with Gasteiger partial charge in [-0.2, -0.15) is 5.10 Å². The normalized spacial score (nSPS) is 13.6. The number of aryl methyl sites for hydroxylation is 1. The fourth-order valence-electron chi connectivity index (χ4n) is 3.14. The number of aldehydes is 1. The van der Waals surface area contributed by atoms with E-state index in [1.165, 1.54) is 0 Å². The van der Waals surface area contributed by atoms with E-state index in [1.807, 2.05) is 44.8 Å². The number of carbonyl (C=O) groups excluding carboxylic acids is 1. The van der Waals surface area contributed by atoms with Crippen molar-refractivity contribution in [3.8, 4) is 11.1 Å². The Hall–Kier alpha value is -2.69. The average molecular weight is 336 g/mol. The standard InChI is InChI=1S/C20H24N4O/c1-13(2)5-15(12-25)6-14(3)16-7-18-19(10-22-20(18)21-8-16)17-9-23-24(4)11-17/h6-13,15H,5H2,1-4H3,(H,21,22)/b14-6+. The maximum atomic E-state index is 11.3. The number of fused-ring (bicyclic) bond motifs is 1. The van der Waals surface area contributed by atoms with Crippen LogP contribution in [0.4, 0.5) is 0 Å². The molecule has 0 bridgehead atoms. The highest BCUT2D eigenvalue weighted by atomic mass is 16.1. The van der Waals surface area contributed by atoms with Crippen molar-refractivity contribution in [1.82, 2.24) is 19.7 Å². The summed E-state index contributed by atoms with van der Waals surface area (Å²) in [6.45, 7) is 6.30. The number of rotatable bonds is 6. The van der Waals surface area contributed by atoms with Gasteiger partial charge >= 0.3 is 0 Å². The van der Waals surface area contributed by atoms with Gasteiger partial charge in [0.1, 0.15) is 11.9 Å². The molecule has 0 aliphatic carbocycles. The molecule has 0 aliphatic rings. The van der Waals surface area contributed by atoms with E-state index in [2.05, 4.69) is 35.0 Å². The predicted molar refractivity (Wildman–Crippen MR) is 101 cm³/mol. The van der Waals surface area contributed by atoms with Crippen molar-refractivity contribution in [2.24, 2.45) is 18.9 Å². The molecule has 1 N–H and O–H groups in total. The molecule has 0 saturated heterocycles. The van der Waals surface area contributed by atoms with E-state index in [-0.39, 0.29) is 5.92 Å². The van der Waals surface area contributed by atoms with E-state index in [0.717, 1.165) is 46.0 Å². The van der Waals surface area contributed by atoms with Crippen LogP contribution in [0.25, 0.3) is 27.7 Å². The summed E-state index contributed by atoms with van der Waals surface area (Å²) in [4.78, 5) is 19.1. The van der Waals surface area contributed by atoms with Crippen LogP contribution < -0.4 is 0 Å².